The molecule has 0 saturated heterocycles. The Labute approximate surface area is 230 Å². The number of hydrogen-bond donors (Lipinski definition) is 2. The molecule has 2 N–H and O–H groups in total. The van der Waals surface area contributed by atoms with Crippen LogP contribution in [-0.4, -0.2) is 71.6 Å². The quantitative estimate of drug-likeness (QED) is 0.357. The second-order valence-corrected chi connectivity index (χ2v) is 11.5. The zero-order valence-electron chi connectivity index (χ0n) is 23.7. The molecule has 2 atom stereocenters. The number of thioether (sulfide) groups is 1. The van der Waals surface area contributed by atoms with E-state index in [9.17, 15) is 19.2 Å². The number of rotatable bonds is 13. The van der Waals surface area contributed by atoms with Crippen LogP contribution >= 0.6 is 11.8 Å². The minimum Gasteiger partial charge on any atom is -0.466 e. The van der Waals surface area contributed by atoms with Gasteiger partial charge in [0.25, 0.3) is 0 Å². The van der Waals surface area contributed by atoms with Gasteiger partial charge in [-0.3, -0.25) is 14.4 Å². The van der Waals surface area contributed by atoms with Crippen LogP contribution in [0, 0.1) is 13.8 Å². The Kier molecular flexibility index (Phi) is 11.9. The Morgan fingerprint density at radius 1 is 1.13 bits per heavy atom. The van der Waals surface area contributed by atoms with Crippen LogP contribution in [-0.2, 0) is 23.9 Å². The lowest BCUT2D eigenvalue weighted by atomic mass is 9.98. The van der Waals surface area contributed by atoms with Gasteiger partial charge in [0.1, 0.15) is 17.7 Å². The number of alkyl carbamates (subject to hydrolysis) is 1. The highest BCUT2D eigenvalue weighted by molar-refractivity contribution is 7.98. The molecule has 10 heteroatoms. The highest BCUT2D eigenvalue weighted by atomic mass is 32.2. The number of ether oxygens (including phenoxy) is 2. The maximum Gasteiger partial charge on any atom is 0.408 e. The van der Waals surface area contributed by atoms with E-state index in [1.165, 1.54) is 0 Å². The average Bonchev–Trinajstić information content (AvgIpc) is 3.65. The van der Waals surface area contributed by atoms with Crippen molar-refractivity contribution in [3.63, 3.8) is 0 Å². The molecule has 0 aromatic heterocycles. The van der Waals surface area contributed by atoms with Crippen molar-refractivity contribution in [3.05, 3.63) is 34.9 Å². The minimum absolute atomic E-state index is 0.0349. The second kappa shape index (κ2) is 14.4. The van der Waals surface area contributed by atoms with Crippen molar-refractivity contribution in [2.24, 2.45) is 0 Å². The van der Waals surface area contributed by atoms with Crippen molar-refractivity contribution in [1.82, 2.24) is 15.5 Å². The van der Waals surface area contributed by atoms with Crippen LogP contribution in [0.5, 0.6) is 0 Å². The lowest BCUT2D eigenvalue weighted by Crippen LogP contribution is -2.54. The number of esters is 1. The minimum atomic E-state index is -0.909. The zero-order chi connectivity index (χ0) is 28.5. The number of carbonyl (C=O) groups excluding carboxylic acids is 4. The highest BCUT2D eigenvalue weighted by Crippen LogP contribution is 2.36. The van der Waals surface area contributed by atoms with Gasteiger partial charge in [0, 0.05) is 12.6 Å². The first-order chi connectivity index (χ1) is 17.9. The van der Waals surface area contributed by atoms with Crippen LogP contribution in [0.1, 0.15) is 76.1 Å². The molecule has 0 heterocycles. The topological polar surface area (TPSA) is 114 Å². The number of nitrogens with one attached hydrogen (secondary N) is 2. The SMILES string of the molecule is CCOC(=O)CCNC(=O)C(c1ccc(C)c(C)c1)N(C(=O)C(CCSC)NC(=O)OC(C)(C)C)C1CC1. The summed E-state index contributed by atoms with van der Waals surface area (Å²) in [6.07, 6.45) is 3.23. The Morgan fingerprint density at radius 3 is 2.37 bits per heavy atom. The molecule has 0 aliphatic heterocycles. The molecule has 0 spiro atoms. The lowest BCUT2D eigenvalue weighted by Gasteiger charge is -2.35. The molecule has 2 rings (SSSR count). The molecular formula is C28H43N3O6S. The summed E-state index contributed by atoms with van der Waals surface area (Å²) in [5.74, 6) is -0.454. The molecule has 1 aromatic carbocycles. The first-order valence-electron chi connectivity index (χ1n) is 13.2. The largest absolute Gasteiger partial charge is 0.466 e. The fourth-order valence-corrected chi connectivity index (χ4v) is 4.46. The zero-order valence-corrected chi connectivity index (χ0v) is 24.5. The van der Waals surface area contributed by atoms with Crippen molar-refractivity contribution in [1.29, 1.82) is 0 Å². The fourth-order valence-electron chi connectivity index (χ4n) is 3.98. The number of carbonyl (C=O) groups is 4. The van der Waals surface area contributed by atoms with E-state index in [4.69, 9.17) is 9.47 Å². The molecule has 0 bridgehead atoms. The van der Waals surface area contributed by atoms with Gasteiger partial charge in [-0.1, -0.05) is 18.2 Å². The average molecular weight is 550 g/mol. The van der Waals surface area contributed by atoms with Crippen LogP contribution in [0.3, 0.4) is 0 Å². The molecule has 1 aromatic rings. The van der Waals surface area contributed by atoms with E-state index in [1.54, 1.807) is 44.4 Å². The number of benzene rings is 1. The van der Waals surface area contributed by atoms with Crippen molar-refractivity contribution in [3.8, 4) is 0 Å². The summed E-state index contributed by atoms with van der Waals surface area (Å²) in [6.45, 7) is 11.3. The van der Waals surface area contributed by atoms with E-state index in [0.717, 1.165) is 24.0 Å². The maximum absolute atomic E-state index is 14.1. The third kappa shape index (κ3) is 9.85. The summed E-state index contributed by atoms with van der Waals surface area (Å²) in [4.78, 5) is 53.7. The summed E-state index contributed by atoms with van der Waals surface area (Å²) >= 11 is 1.57. The molecule has 0 radical (unpaired) electrons. The van der Waals surface area contributed by atoms with Gasteiger partial charge in [-0.15, -0.1) is 0 Å². The highest BCUT2D eigenvalue weighted by Gasteiger charge is 2.44. The van der Waals surface area contributed by atoms with E-state index in [0.29, 0.717) is 17.7 Å². The Hall–Kier alpha value is -2.75. The Balaban J connectivity index is 2.39. The molecule has 9 nitrogen and oxygen atoms in total. The van der Waals surface area contributed by atoms with Gasteiger partial charge in [0.15, 0.2) is 0 Å². The summed E-state index contributed by atoms with van der Waals surface area (Å²) in [5, 5.41) is 5.58. The number of aryl methyl sites for hydroxylation is 2. The molecule has 1 saturated carbocycles. The number of hydrogen-bond acceptors (Lipinski definition) is 7. The van der Waals surface area contributed by atoms with Crippen LogP contribution in [0.4, 0.5) is 4.79 Å². The monoisotopic (exact) mass is 549 g/mol. The van der Waals surface area contributed by atoms with Crippen LogP contribution in [0.15, 0.2) is 18.2 Å². The van der Waals surface area contributed by atoms with E-state index in [-0.39, 0.29) is 37.4 Å². The van der Waals surface area contributed by atoms with Crippen molar-refractivity contribution in [2.75, 3.05) is 25.2 Å². The number of amides is 3. The summed E-state index contributed by atoms with van der Waals surface area (Å²) < 4.78 is 10.4. The smallest absolute Gasteiger partial charge is 0.408 e. The first kappa shape index (κ1) is 31.5. The standard InChI is InChI=1S/C28H43N3O6S/c1-8-36-23(32)13-15-29-25(33)24(20-10-9-18(2)19(3)17-20)31(21-11-12-21)26(34)22(14-16-38-7)30-27(35)37-28(4,5)6/h9-10,17,21-22,24H,8,11-16H2,1-7H3,(H,29,33)(H,30,35). The summed E-state index contributed by atoms with van der Waals surface area (Å²) in [6, 6.07) is 3.84. The van der Waals surface area contributed by atoms with E-state index in [2.05, 4.69) is 10.6 Å². The molecule has 1 aliphatic carbocycles. The molecule has 212 valence electrons. The third-order valence-electron chi connectivity index (χ3n) is 6.10. The number of nitrogens with zero attached hydrogens (tertiary/aromatic N) is 1. The van der Waals surface area contributed by atoms with Crippen molar-refractivity contribution >= 4 is 35.6 Å². The molecular weight excluding hydrogens is 506 g/mol. The lowest BCUT2D eigenvalue weighted by molar-refractivity contribution is -0.144. The molecule has 38 heavy (non-hydrogen) atoms. The van der Waals surface area contributed by atoms with Gasteiger partial charge in [0.2, 0.25) is 11.8 Å². The second-order valence-electron chi connectivity index (χ2n) is 10.5. The van der Waals surface area contributed by atoms with E-state index < -0.39 is 29.7 Å². The fraction of sp³-hybridized carbons (Fsp3) is 0.643. The van der Waals surface area contributed by atoms with Crippen molar-refractivity contribution in [2.45, 2.75) is 91.0 Å². The predicted molar refractivity (Wildman–Crippen MR) is 149 cm³/mol. The van der Waals surface area contributed by atoms with Gasteiger partial charge >= 0.3 is 12.1 Å². The van der Waals surface area contributed by atoms with Gasteiger partial charge in [0.05, 0.1) is 13.0 Å². The summed E-state index contributed by atoms with van der Waals surface area (Å²) in [5.41, 5.74) is 2.04. The van der Waals surface area contributed by atoms with Gasteiger partial charge in [-0.2, -0.15) is 11.8 Å². The molecule has 2 unspecified atom stereocenters. The van der Waals surface area contributed by atoms with E-state index in [1.807, 2.05) is 38.3 Å². The van der Waals surface area contributed by atoms with Crippen LogP contribution in [0.25, 0.3) is 0 Å². The third-order valence-corrected chi connectivity index (χ3v) is 6.75. The molecule has 3 amide bonds. The van der Waals surface area contributed by atoms with Gasteiger partial charge < -0.3 is 25.0 Å². The van der Waals surface area contributed by atoms with Crippen molar-refractivity contribution < 1.29 is 28.7 Å². The summed E-state index contributed by atoms with van der Waals surface area (Å²) in [7, 11) is 0. The first-order valence-corrected chi connectivity index (χ1v) is 14.6. The van der Waals surface area contributed by atoms with Crippen LogP contribution < -0.4 is 10.6 Å². The normalized spacial score (nSPS) is 14.7. The van der Waals surface area contributed by atoms with Gasteiger partial charge in [-0.05, 0) is 89.5 Å². The maximum atomic E-state index is 14.1. The Bertz CT molecular complexity index is 989. The van der Waals surface area contributed by atoms with Crippen LogP contribution in [0.2, 0.25) is 0 Å². The van der Waals surface area contributed by atoms with E-state index >= 15 is 0 Å². The van der Waals surface area contributed by atoms with Gasteiger partial charge in [-0.25, -0.2) is 4.79 Å². The molecule has 1 fully saturated rings. The predicted octanol–water partition coefficient (Wildman–Crippen LogP) is 4.05. The molecule has 1 aliphatic rings. The Morgan fingerprint density at radius 2 is 1.82 bits per heavy atom.